The quantitative estimate of drug-likeness (QED) is 0.352. The normalized spacial score (nSPS) is 22.5. The molecule has 1 aliphatic heterocycles. The predicted molar refractivity (Wildman–Crippen MR) is 148 cm³/mol. The zero-order valence-corrected chi connectivity index (χ0v) is 25.4. The number of methoxy groups -OCH3 is 1. The molecule has 4 unspecified atom stereocenters. The average Bonchev–Trinajstić information content (AvgIpc) is 3.07. The van der Waals surface area contributed by atoms with Gasteiger partial charge in [-0.25, -0.2) is 13.9 Å². The Morgan fingerprint density at radius 1 is 1.27 bits per heavy atom. The van der Waals surface area contributed by atoms with Gasteiger partial charge in [0, 0.05) is 20.1 Å². The minimum Gasteiger partial charge on any atom is -0.414 e. The SMILES string of the molecule is CC[N+](C)(C(=O)OC(C)(C)C)C1CCC(OC)Cn2c1nc(C(=O)NCC1C=CC(F)=CC1)c(OS(C)(=O)=O)c2=O. The number of fused-ring (bicyclic) bond motifs is 1. The van der Waals surface area contributed by atoms with Crippen molar-refractivity contribution in [2.45, 2.75) is 71.2 Å². The number of hydrogen-bond acceptors (Lipinski definition) is 9. The van der Waals surface area contributed by atoms with E-state index >= 15 is 0 Å². The van der Waals surface area contributed by atoms with Crippen molar-refractivity contribution in [3.8, 4) is 5.75 Å². The van der Waals surface area contributed by atoms with Crippen LogP contribution in [0.15, 0.2) is 28.8 Å². The first-order valence-corrected chi connectivity index (χ1v) is 15.3. The van der Waals surface area contributed by atoms with Crippen LogP contribution in [0.1, 0.15) is 69.3 Å². The molecule has 0 saturated carbocycles. The standard InChI is InChI=1S/C27H39FN4O8S/c1-8-32(5,26(35)39-27(2,3)4)20-14-13-19(38-6)16-31-23(20)30-21(22(25(31)34)40-41(7,36)37)24(33)29-15-17-9-11-18(28)12-10-17/h9,11-12,17,19-20H,8,10,13-16H2,1-7H3/p+1. The highest BCUT2D eigenvalue weighted by Gasteiger charge is 2.47. The summed E-state index contributed by atoms with van der Waals surface area (Å²) in [6.45, 7) is 7.39. The molecule has 2 amide bonds. The Kier molecular flexibility index (Phi) is 9.81. The lowest BCUT2D eigenvalue weighted by molar-refractivity contribution is -0.870. The first-order valence-electron chi connectivity index (χ1n) is 13.5. The van der Waals surface area contributed by atoms with Gasteiger partial charge < -0.3 is 19.0 Å². The maximum absolute atomic E-state index is 13.8. The Morgan fingerprint density at radius 2 is 1.95 bits per heavy atom. The van der Waals surface area contributed by atoms with E-state index in [-0.39, 0.29) is 41.7 Å². The van der Waals surface area contributed by atoms with E-state index in [1.807, 2.05) is 0 Å². The summed E-state index contributed by atoms with van der Waals surface area (Å²) in [5.74, 6) is -2.08. The molecular weight excluding hydrogens is 559 g/mol. The molecule has 0 aromatic carbocycles. The highest BCUT2D eigenvalue weighted by Crippen LogP contribution is 2.36. The molecule has 14 heteroatoms. The Bertz CT molecular complexity index is 1400. The van der Waals surface area contributed by atoms with Crippen LogP contribution >= 0.6 is 0 Å². The van der Waals surface area contributed by atoms with Crippen molar-refractivity contribution < 1.29 is 40.5 Å². The Morgan fingerprint density at radius 3 is 2.49 bits per heavy atom. The number of aromatic nitrogens is 2. The molecule has 2 aliphatic rings. The Labute approximate surface area is 239 Å². The van der Waals surface area contributed by atoms with E-state index in [0.717, 1.165) is 6.26 Å². The zero-order chi connectivity index (χ0) is 30.8. The molecule has 4 atom stereocenters. The number of allylic oxidation sites excluding steroid dienone is 3. The van der Waals surface area contributed by atoms with Gasteiger partial charge >= 0.3 is 16.2 Å². The zero-order valence-electron chi connectivity index (χ0n) is 24.6. The number of amides is 2. The van der Waals surface area contributed by atoms with Gasteiger partial charge in [0.15, 0.2) is 17.6 Å². The fourth-order valence-corrected chi connectivity index (χ4v) is 5.26. The molecule has 228 valence electrons. The molecule has 0 radical (unpaired) electrons. The lowest BCUT2D eigenvalue weighted by atomic mass is 10.0. The average molecular weight is 600 g/mol. The number of nitrogens with zero attached hydrogens (tertiary/aromatic N) is 3. The molecule has 2 heterocycles. The van der Waals surface area contributed by atoms with E-state index in [9.17, 15) is 27.2 Å². The summed E-state index contributed by atoms with van der Waals surface area (Å²) in [5.41, 5.74) is -2.21. The number of quaternary nitrogens is 1. The van der Waals surface area contributed by atoms with Crippen molar-refractivity contribution in [3.05, 3.63) is 45.9 Å². The monoisotopic (exact) mass is 599 g/mol. The fourth-order valence-electron chi connectivity index (χ4n) is 4.81. The van der Waals surface area contributed by atoms with E-state index in [1.165, 1.54) is 23.8 Å². The third-order valence-electron chi connectivity index (χ3n) is 7.21. The topological polar surface area (TPSA) is 143 Å². The van der Waals surface area contributed by atoms with Crippen LogP contribution in [0.4, 0.5) is 9.18 Å². The van der Waals surface area contributed by atoms with Crippen LogP contribution in [0.5, 0.6) is 5.75 Å². The predicted octanol–water partition coefficient (Wildman–Crippen LogP) is 2.99. The van der Waals surface area contributed by atoms with Gasteiger partial charge in [-0.3, -0.25) is 14.2 Å². The van der Waals surface area contributed by atoms with Crippen molar-refractivity contribution in [2.24, 2.45) is 5.92 Å². The van der Waals surface area contributed by atoms with E-state index in [0.29, 0.717) is 19.3 Å². The van der Waals surface area contributed by atoms with Gasteiger partial charge in [-0.1, -0.05) is 6.08 Å². The fraction of sp³-hybridized carbons (Fsp3) is 0.630. The highest BCUT2D eigenvalue weighted by molar-refractivity contribution is 7.86. The van der Waals surface area contributed by atoms with Crippen molar-refractivity contribution in [2.75, 3.05) is 33.5 Å². The number of carbonyl (C=O) groups excluding carboxylic acids is 2. The van der Waals surface area contributed by atoms with E-state index in [1.54, 1.807) is 40.8 Å². The highest BCUT2D eigenvalue weighted by atomic mass is 32.2. The van der Waals surface area contributed by atoms with Crippen molar-refractivity contribution in [1.29, 1.82) is 0 Å². The number of ether oxygens (including phenoxy) is 2. The van der Waals surface area contributed by atoms with Crippen LogP contribution < -0.4 is 15.1 Å². The molecule has 1 aromatic rings. The molecule has 0 fully saturated rings. The molecule has 0 spiro atoms. The van der Waals surface area contributed by atoms with Gasteiger partial charge in [0.1, 0.15) is 11.4 Å². The number of nitrogens with one attached hydrogen (secondary N) is 1. The second-order valence-corrected chi connectivity index (χ2v) is 13.1. The summed E-state index contributed by atoms with van der Waals surface area (Å²) in [4.78, 5) is 45.3. The molecule has 12 nitrogen and oxygen atoms in total. The minimum atomic E-state index is -4.24. The van der Waals surface area contributed by atoms with Crippen LogP contribution in [0.3, 0.4) is 0 Å². The van der Waals surface area contributed by atoms with Gasteiger partial charge in [-0.05, 0) is 58.6 Å². The van der Waals surface area contributed by atoms with Crippen LogP contribution in [0, 0.1) is 5.92 Å². The summed E-state index contributed by atoms with van der Waals surface area (Å²) < 4.78 is 54.9. The van der Waals surface area contributed by atoms with Gasteiger partial charge in [-0.2, -0.15) is 13.2 Å². The van der Waals surface area contributed by atoms with Crippen molar-refractivity contribution >= 4 is 22.1 Å². The van der Waals surface area contributed by atoms with Crippen LogP contribution in [0.2, 0.25) is 0 Å². The largest absolute Gasteiger partial charge is 0.516 e. The van der Waals surface area contributed by atoms with Crippen LogP contribution in [-0.4, -0.2) is 79.7 Å². The van der Waals surface area contributed by atoms with Crippen LogP contribution in [0.25, 0.3) is 0 Å². The molecule has 41 heavy (non-hydrogen) atoms. The van der Waals surface area contributed by atoms with Gasteiger partial charge in [0.05, 0.1) is 32.5 Å². The summed E-state index contributed by atoms with van der Waals surface area (Å²) in [7, 11) is -1.08. The molecular formula is C27H40FN4O8S+. The number of halogens is 1. The number of carbonyl (C=O) groups is 2. The summed E-state index contributed by atoms with van der Waals surface area (Å²) in [6.07, 6.45) is 5.18. The molecule has 1 aromatic heterocycles. The number of hydrogen-bond donors (Lipinski definition) is 1. The molecule has 3 rings (SSSR count). The molecule has 1 aliphatic carbocycles. The second-order valence-electron chi connectivity index (χ2n) is 11.5. The lowest BCUT2D eigenvalue weighted by Crippen LogP contribution is -2.54. The number of rotatable bonds is 8. The third-order valence-corrected chi connectivity index (χ3v) is 7.68. The molecule has 0 saturated heterocycles. The maximum Gasteiger partial charge on any atom is 0.516 e. The van der Waals surface area contributed by atoms with Crippen molar-refractivity contribution in [3.63, 3.8) is 0 Å². The van der Waals surface area contributed by atoms with Crippen LogP contribution in [-0.2, 0) is 26.1 Å². The van der Waals surface area contributed by atoms with Gasteiger partial charge in [0.2, 0.25) is 5.75 Å². The van der Waals surface area contributed by atoms with Crippen molar-refractivity contribution in [1.82, 2.24) is 14.9 Å². The Hall–Kier alpha value is -3.10. The van der Waals surface area contributed by atoms with Gasteiger partial charge in [0.25, 0.3) is 11.5 Å². The summed E-state index contributed by atoms with van der Waals surface area (Å²) in [6, 6.07) is -0.740. The van der Waals surface area contributed by atoms with Gasteiger partial charge in [-0.15, -0.1) is 0 Å². The van der Waals surface area contributed by atoms with E-state index in [2.05, 4.69) is 10.3 Å². The van der Waals surface area contributed by atoms with E-state index < -0.39 is 56.9 Å². The van der Waals surface area contributed by atoms with E-state index in [4.69, 9.17) is 13.7 Å². The minimum absolute atomic E-state index is 0.00100. The third kappa shape index (κ3) is 7.80. The lowest BCUT2D eigenvalue weighted by Gasteiger charge is -2.38. The molecule has 1 N–H and O–H groups in total. The maximum atomic E-state index is 13.8. The first-order chi connectivity index (χ1) is 19.0. The molecule has 0 bridgehead atoms. The smallest absolute Gasteiger partial charge is 0.414 e. The summed E-state index contributed by atoms with van der Waals surface area (Å²) >= 11 is 0. The Balaban J connectivity index is 2.17. The first kappa shape index (κ1) is 32.4. The second kappa shape index (κ2) is 12.4. The summed E-state index contributed by atoms with van der Waals surface area (Å²) in [5, 5.41) is 2.65.